The topological polar surface area (TPSA) is 105 Å². The van der Waals surface area contributed by atoms with E-state index in [0.717, 1.165) is 35.1 Å². The van der Waals surface area contributed by atoms with Crippen LogP contribution in [0.25, 0.3) is 11.1 Å². The molecule has 2 heterocycles. The Bertz CT molecular complexity index is 1060. The van der Waals surface area contributed by atoms with E-state index in [0.29, 0.717) is 19.7 Å². The van der Waals surface area contributed by atoms with Crippen LogP contribution in [0.5, 0.6) is 0 Å². The fourth-order valence-electron chi connectivity index (χ4n) is 5.46. The molecule has 0 saturated carbocycles. The normalized spacial score (nSPS) is 21.8. The number of ether oxygens (including phenoxy) is 2. The number of nitrogens with zero attached hydrogens (tertiary/aromatic N) is 1. The van der Waals surface area contributed by atoms with Crippen molar-refractivity contribution in [3.05, 3.63) is 59.7 Å². The minimum absolute atomic E-state index is 0.0959. The summed E-state index contributed by atoms with van der Waals surface area (Å²) in [6.07, 6.45) is 0.487. The van der Waals surface area contributed by atoms with Gasteiger partial charge in [0.05, 0.1) is 12.5 Å². The van der Waals surface area contributed by atoms with Crippen molar-refractivity contribution in [2.24, 2.45) is 5.92 Å². The van der Waals surface area contributed by atoms with Crippen LogP contribution < -0.4 is 5.32 Å². The number of fused-ring (bicyclic) bond motifs is 4. The van der Waals surface area contributed by atoms with Crippen LogP contribution in [0.2, 0.25) is 0 Å². The molecule has 2 aromatic carbocycles. The molecule has 0 spiro atoms. The summed E-state index contributed by atoms with van der Waals surface area (Å²) >= 11 is 0. The highest BCUT2D eigenvalue weighted by Gasteiger charge is 2.38. The van der Waals surface area contributed by atoms with Gasteiger partial charge in [0.25, 0.3) is 0 Å². The van der Waals surface area contributed by atoms with Crippen molar-refractivity contribution in [3.63, 3.8) is 0 Å². The van der Waals surface area contributed by atoms with Crippen LogP contribution in [0.4, 0.5) is 4.79 Å². The smallest absolute Gasteiger partial charge is 0.407 e. The number of amides is 2. The molecule has 5 rings (SSSR count). The van der Waals surface area contributed by atoms with Crippen LogP contribution in [-0.4, -0.2) is 66.4 Å². The van der Waals surface area contributed by atoms with E-state index >= 15 is 0 Å². The Kier molecular flexibility index (Phi) is 6.24. The lowest BCUT2D eigenvalue weighted by atomic mass is 9.93. The molecule has 2 aromatic rings. The van der Waals surface area contributed by atoms with Crippen LogP contribution in [0, 0.1) is 5.92 Å². The lowest BCUT2D eigenvalue weighted by molar-refractivity contribution is -0.143. The molecule has 8 heteroatoms. The molecule has 2 fully saturated rings. The Balaban J connectivity index is 1.24. The minimum Gasteiger partial charge on any atom is -0.481 e. The van der Waals surface area contributed by atoms with E-state index in [1.807, 2.05) is 48.5 Å². The molecule has 34 heavy (non-hydrogen) atoms. The highest BCUT2D eigenvalue weighted by atomic mass is 16.5. The van der Waals surface area contributed by atoms with Gasteiger partial charge >= 0.3 is 12.1 Å². The number of likely N-dealkylation sites (tertiary alicyclic amines) is 1. The fraction of sp³-hybridized carbons (Fsp3) is 0.423. The molecule has 2 aliphatic heterocycles. The van der Waals surface area contributed by atoms with Crippen molar-refractivity contribution in [2.45, 2.75) is 37.3 Å². The molecule has 8 nitrogen and oxygen atoms in total. The van der Waals surface area contributed by atoms with E-state index in [1.54, 1.807) is 4.90 Å². The zero-order chi connectivity index (χ0) is 23.7. The zero-order valence-electron chi connectivity index (χ0n) is 18.8. The third kappa shape index (κ3) is 4.37. The van der Waals surface area contributed by atoms with E-state index < -0.39 is 24.5 Å². The van der Waals surface area contributed by atoms with Gasteiger partial charge in [-0.05, 0) is 35.1 Å². The van der Waals surface area contributed by atoms with Crippen LogP contribution >= 0.6 is 0 Å². The molecule has 3 atom stereocenters. The van der Waals surface area contributed by atoms with Gasteiger partial charge in [0.15, 0.2) is 0 Å². The highest BCUT2D eigenvalue weighted by molar-refractivity contribution is 5.89. The summed E-state index contributed by atoms with van der Waals surface area (Å²) in [7, 11) is 0. The van der Waals surface area contributed by atoms with E-state index in [1.165, 1.54) is 0 Å². The van der Waals surface area contributed by atoms with Crippen molar-refractivity contribution in [2.75, 3.05) is 26.3 Å². The summed E-state index contributed by atoms with van der Waals surface area (Å²) in [4.78, 5) is 38.8. The van der Waals surface area contributed by atoms with Gasteiger partial charge in [0.1, 0.15) is 12.6 Å². The Hall–Kier alpha value is -3.39. The van der Waals surface area contributed by atoms with Crippen LogP contribution in [-0.2, 0) is 19.1 Å². The number of nitrogens with one attached hydrogen (secondary N) is 1. The Morgan fingerprint density at radius 1 is 1.06 bits per heavy atom. The van der Waals surface area contributed by atoms with Crippen LogP contribution in [0.15, 0.2) is 48.5 Å². The first-order valence-corrected chi connectivity index (χ1v) is 11.7. The Morgan fingerprint density at radius 2 is 1.74 bits per heavy atom. The standard InChI is InChI=1S/C26H28N2O6/c29-24(30)13-22(25(31)28-11-9-23-16(14-28)10-12-33-23)27-26(32)34-15-21-19-7-3-1-5-17(19)18-6-2-4-8-20(18)21/h1-8,16,21-23H,9-15H2,(H,27,32)(H,29,30)/t16-,22?,23+/m1/s1. The molecule has 1 aliphatic carbocycles. The van der Waals surface area contributed by atoms with E-state index in [9.17, 15) is 19.5 Å². The quantitative estimate of drug-likeness (QED) is 0.681. The van der Waals surface area contributed by atoms with Crippen molar-refractivity contribution in [1.29, 1.82) is 0 Å². The number of aliphatic carboxylic acids is 1. The lowest BCUT2D eigenvalue weighted by Crippen LogP contribution is -2.53. The monoisotopic (exact) mass is 464 g/mol. The molecule has 0 radical (unpaired) electrons. The number of piperidine rings is 1. The maximum atomic E-state index is 13.1. The minimum atomic E-state index is -1.17. The molecule has 3 aliphatic rings. The predicted octanol–water partition coefficient (Wildman–Crippen LogP) is 3.01. The van der Waals surface area contributed by atoms with Gasteiger partial charge in [0, 0.05) is 31.5 Å². The summed E-state index contributed by atoms with van der Waals surface area (Å²) in [5.41, 5.74) is 4.39. The second kappa shape index (κ2) is 9.46. The first-order valence-electron chi connectivity index (χ1n) is 11.7. The van der Waals surface area contributed by atoms with Crippen molar-refractivity contribution in [3.8, 4) is 11.1 Å². The SMILES string of the molecule is O=C(O)CC(NC(=O)OCC1c2ccccc2-c2ccccc21)C(=O)N1CC[C@@H]2OCC[C@@H]2C1. The van der Waals surface area contributed by atoms with Crippen molar-refractivity contribution in [1.82, 2.24) is 10.2 Å². The van der Waals surface area contributed by atoms with Gasteiger partial charge in [0.2, 0.25) is 5.91 Å². The molecule has 2 amide bonds. The maximum absolute atomic E-state index is 13.1. The first-order chi connectivity index (χ1) is 16.5. The molecule has 1 unspecified atom stereocenters. The molecule has 2 N–H and O–H groups in total. The molecular formula is C26H28N2O6. The number of carbonyl (C=O) groups is 3. The molecule has 0 aromatic heterocycles. The van der Waals surface area contributed by atoms with E-state index in [2.05, 4.69) is 5.32 Å². The molecule has 178 valence electrons. The second-order valence-corrected chi connectivity index (χ2v) is 9.15. The fourth-order valence-corrected chi connectivity index (χ4v) is 5.46. The maximum Gasteiger partial charge on any atom is 0.407 e. The highest BCUT2D eigenvalue weighted by Crippen LogP contribution is 2.44. The number of carbonyl (C=O) groups excluding carboxylic acids is 2. The third-order valence-corrected chi connectivity index (χ3v) is 7.11. The largest absolute Gasteiger partial charge is 0.481 e. The third-order valence-electron chi connectivity index (χ3n) is 7.11. The van der Waals surface area contributed by atoms with Gasteiger partial charge in [-0.1, -0.05) is 48.5 Å². The van der Waals surface area contributed by atoms with Gasteiger partial charge in [-0.2, -0.15) is 0 Å². The Labute approximate surface area is 197 Å². The van der Waals surface area contributed by atoms with Crippen LogP contribution in [0.3, 0.4) is 0 Å². The molecular weight excluding hydrogens is 436 g/mol. The summed E-state index contributed by atoms with van der Waals surface area (Å²) in [5, 5.41) is 11.8. The number of carboxylic acid groups (broad SMARTS) is 1. The Morgan fingerprint density at radius 3 is 2.41 bits per heavy atom. The second-order valence-electron chi connectivity index (χ2n) is 9.15. The van der Waals surface area contributed by atoms with Gasteiger partial charge < -0.3 is 24.8 Å². The average molecular weight is 465 g/mol. The summed E-state index contributed by atoms with van der Waals surface area (Å²) in [6.45, 7) is 1.79. The zero-order valence-corrected chi connectivity index (χ0v) is 18.8. The number of hydrogen-bond donors (Lipinski definition) is 2. The number of rotatable bonds is 6. The first kappa shape index (κ1) is 22.4. The molecule has 0 bridgehead atoms. The predicted molar refractivity (Wildman–Crippen MR) is 123 cm³/mol. The van der Waals surface area contributed by atoms with Gasteiger partial charge in [-0.25, -0.2) is 4.79 Å². The van der Waals surface area contributed by atoms with Crippen molar-refractivity contribution < 1.29 is 29.0 Å². The summed E-state index contributed by atoms with van der Waals surface area (Å²) in [6, 6.07) is 14.8. The van der Waals surface area contributed by atoms with E-state index in [-0.39, 0.29) is 30.5 Å². The number of hydrogen-bond acceptors (Lipinski definition) is 5. The lowest BCUT2D eigenvalue weighted by Gasteiger charge is -2.36. The number of alkyl carbamates (subject to hydrolysis) is 1. The number of benzene rings is 2. The van der Waals surface area contributed by atoms with Crippen molar-refractivity contribution >= 4 is 18.0 Å². The molecule has 2 saturated heterocycles. The summed E-state index contributed by atoms with van der Waals surface area (Å²) < 4.78 is 11.2. The number of carboxylic acids is 1. The van der Waals surface area contributed by atoms with E-state index in [4.69, 9.17) is 9.47 Å². The van der Waals surface area contributed by atoms with Gasteiger partial charge in [-0.3, -0.25) is 9.59 Å². The average Bonchev–Trinajstić information content (AvgIpc) is 3.43. The van der Waals surface area contributed by atoms with Gasteiger partial charge in [-0.15, -0.1) is 0 Å². The van der Waals surface area contributed by atoms with Crippen LogP contribution in [0.1, 0.15) is 36.3 Å². The summed E-state index contributed by atoms with van der Waals surface area (Å²) in [5.74, 6) is -1.40.